The Balaban J connectivity index is -0.00000000462. The third-order valence-corrected chi connectivity index (χ3v) is 0. The molecule has 13 N–H and O–H groups in total. The molecule has 0 saturated carbocycles. The average Bonchev–Trinajstić information content (AvgIpc) is 1.66. The first-order valence-corrected chi connectivity index (χ1v) is 1.54. The summed E-state index contributed by atoms with van der Waals surface area (Å²) in [6.45, 7) is 0. The fourth-order valence-electron chi connectivity index (χ4n) is 0. The number of aliphatic hydroxyl groups excluding tert-OH is 1. The number of rotatable bonds is 0. The van der Waals surface area contributed by atoms with Crippen LogP contribution in [0.2, 0.25) is 0 Å². The van der Waals surface area contributed by atoms with E-state index in [1.54, 1.807) is 0 Å². The van der Waals surface area contributed by atoms with Crippen LogP contribution in [0.5, 0.6) is 0 Å². The molecule has 0 aliphatic carbocycles. The second-order valence-electron chi connectivity index (χ2n) is 0.447. The Morgan fingerprint density at radius 2 is 0.647 bits per heavy atom. The van der Waals surface area contributed by atoms with Crippen molar-refractivity contribution < 1.29 is 67.6 Å². The standard InChI is InChI=1S/CH4O.2NO3.6H2O.Zn/c1-2;2*2-1(3)4;;;;;;;/h2H,1H3;;;6*1H2;/q;2*-1;;;;;;;+2. The minimum atomic E-state index is -1.75. The maximum absolute atomic E-state index is 8.25. The van der Waals surface area contributed by atoms with Gasteiger partial charge in [0, 0.05) is 7.11 Å². The quantitative estimate of drug-likeness (QED) is 0.254. The molecular weight excluding hydrogens is 313 g/mol. The van der Waals surface area contributed by atoms with Gasteiger partial charge in [0.15, 0.2) is 0 Å². The van der Waals surface area contributed by atoms with Crippen LogP contribution in [0.4, 0.5) is 0 Å². The molecular formula is CH16N2O13Zn. The monoisotopic (exact) mass is 328 g/mol. The second-order valence-corrected chi connectivity index (χ2v) is 0.447. The molecule has 0 bridgehead atoms. The van der Waals surface area contributed by atoms with Crippen LogP contribution < -0.4 is 0 Å². The first-order chi connectivity index (χ1) is 4.46. The molecule has 0 amide bonds. The summed E-state index contributed by atoms with van der Waals surface area (Å²) in [6.07, 6.45) is 0. The number of nitrogens with zero attached hydrogens (tertiary/aromatic N) is 2. The molecule has 0 aromatic rings. The van der Waals surface area contributed by atoms with Crippen molar-refractivity contribution in [3.63, 3.8) is 0 Å². The summed E-state index contributed by atoms with van der Waals surface area (Å²) < 4.78 is 0. The van der Waals surface area contributed by atoms with Crippen molar-refractivity contribution in [1.82, 2.24) is 0 Å². The predicted octanol–water partition coefficient (Wildman–Crippen LogP) is -5.82. The van der Waals surface area contributed by atoms with E-state index in [0.29, 0.717) is 0 Å². The van der Waals surface area contributed by atoms with Crippen LogP contribution in [0, 0.1) is 30.6 Å². The molecule has 0 radical (unpaired) electrons. The average molecular weight is 330 g/mol. The zero-order valence-corrected chi connectivity index (χ0v) is 11.5. The summed E-state index contributed by atoms with van der Waals surface area (Å²) in [4.78, 5) is 16.5. The molecule has 17 heavy (non-hydrogen) atoms. The van der Waals surface area contributed by atoms with Crippen molar-refractivity contribution in [2.24, 2.45) is 0 Å². The van der Waals surface area contributed by atoms with Crippen LogP contribution in [-0.2, 0) is 19.5 Å². The normalized spacial score (nSPS) is 3.18. The van der Waals surface area contributed by atoms with Gasteiger partial charge in [0.25, 0.3) is 0 Å². The Kier molecular flexibility index (Phi) is 755. The summed E-state index contributed by atoms with van der Waals surface area (Å²) in [6, 6.07) is 0. The number of aliphatic hydroxyl groups is 1. The van der Waals surface area contributed by atoms with Gasteiger partial charge in [0.05, 0.1) is 10.2 Å². The molecule has 110 valence electrons. The summed E-state index contributed by atoms with van der Waals surface area (Å²) in [7, 11) is 1.00. The Morgan fingerprint density at radius 1 is 0.647 bits per heavy atom. The van der Waals surface area contributed by atoms with Crippen LogP contribution in [0.3, 0.4) is 0 Å². The van der Waals surface area contributed by atoms with Crippen molar-refractivity contribution in [3.8, 4) is 0 Å². The topological polar surface area (TPSA) is 342 Å². The van der Waals surface area contributed by atoms with Crippen molar-refractivity contribution in [2.75, 3.05) is 7.11 Å². The Morgan fingerprint density at radius 3 is 0.647 bits per heavy atom. The smallest absolute Gasteiger partial charge is 0.412 e. The van der Waals surface area contributed by atoms with E-state index in [4.69, 9.17) is 35.7 Å². The molecule has 0 aliphatic rings. The summed E-state index contributed by atoms with van der Waals surface area (Å²) in [5, 5.41) is 36.5. The Labute approximate surface area is 106 Å². The second kappa shape index (κ2) is 124. The molecule has 15 nitrogen and oxygen atoms in total. The van der Waals surface area contributed by atoms with Crippen molar-refractivity contribution >= 4 is 0 Å². The van der Waals surface area contributed by atoms with Crippen molar-refractivity contribution in [2.45, 2.75) is 0 Å². The third kappa shape index (κ3) is 1520. The first kappa shape index (κ1) is 104. The maximum Gasteiger partial charge on any atom is 2.00 e. The molecule has 0 aliphatic heterocycles. The van der Waals surface area contributed by atoms with Crippen LogP contribution in [-0.4, -0.2) is 55.2 Å². The summed E-state index contributed by atoms with van der Waals surface area (Å²) in [5.41, 5.74) is 0. The van der Waals surface area contributed by atoms with Gasteiger partial charge < -0.3 is 68.6 Å². The van der Waals surface area contributed by atoms with Crippen LogP contribution >= 0.6 is 0 Å². The van der Waals surface area contributed by atoms with Gasteiger partial charge in [-0.05, 0) is 0 Å². The van der Waals surface area contributed by atoms with Gasteiger partial charge in [-0.3, -0.25) is 0 Å². The van der Waals surface area contributed by atoms with Gasteiger partial charge in [-0.25, -0.2) is 0 Å². The fourth-order valence-corrected chi connectivity index (χ4v) is 0. The van der Waals surface area contributed by atoms with Crippen molar-refractivity contribution in [1.29, 1.82) is 0 Å². The zero-order valence-electron chi connectivity index (χ0n) is 8.50. The first-order valence-electron chi connectivity index (χ1n) is 1.54. The number of hydrogen-bond donors (Lipinski definition) is 1. The molecule has 0 heterocycles. The Bertz CT molecular complexity index is 77.4. The van der Waals surface area contributed by atoms with E-state index in [-0.39, 0.29) is 52.3 Å². The zero-order chi connectivity index (χ0) is 9.15. The molecule has 0 rings (SSSR count). The van der Waals surface area contributed by atoms with Crippen LogP contribution in [0.1, 0.15) is 0 Å². The molecule has 0 aromatic carbocycles. The molecule has 0 spiro atoms. The van der Waals surface area contributed by atoms with E-state index < -0.39 is 10.2 Å². The van der Waals surface area contributed by atoms with E-state index in [1.165, 1.54) is 0 Å². The Hall–Kier alpha value is -1.26. The van der Waals surface area contributed by atoms with Gasteiger partial charge in [-0.15, -0.1) is 0 Å². The fraction of sp³-hybridized carbons (Fsp3) is 1.00. The summed E-state index contributed by atoms with van der Waals surface area (Å²) >= 11 is 0. The van der Waals surface area contributed by atoms with E-state index in [2.05, 4.69) is 0 Å². The summed E-state index contributed by atoms with van der Waals surface area (Å²) in [5.74, 6) is 0. The van der Waals surface area contributed by atoms with Gasteiger partial charge >= 0.3 is 19.5 Å². The van der Waals surface area contributed by atoms with Gasteiger partial charge in [-0.2, -0.15) is 0 Å². The van der Waals surface area contributed by atoms with Gasteiger partial charge in [0.2, 0.25) is 0 Å². The van der Waals surface area contributed by atoms with Crippen LogP contribution in [0.15, 0.2) is 0 Å². The predicted molar refractivity (Wildman–Crippen MR) is 50.5 cm³/mol. The molecule has 0 unspecified atom stereocenters. The molecule has 0 aromatic heterocycles. The molecule has 16 heteroatoms. The molecule has 0 fully saturated rings. The minimum Gasteiger partial charge on any atom is -0.412 e. The van der Waals surface area contributed by atoms with Crippen molar-refractivity contribution in [3.05, 3.63) is 30.6 Å². The molecule has 0 atom stereocenters. The van der Waals surface area contributed by atoms with Gasteiger partial charge in [-0.1, -0.05) is 0 Å². The van der Waals surface area contributed by atoms with Gasteiger partial charge in [0.1, 0.15) is 0 Å². The largest absolute Gasteiger partial charge is 2.00 e. The third-order valence-electron chi connectivity index (χ3n) is 0. The molecule has 0 saturated heterocycles. The van der Waals surface area contributed by atoms with E-state index in [9.17, 15) is 0 Å². The van der Waals surface area contributed by atoms with E-state index >= 15 is 0 Å². The SMILES string of the molecule is CO.O.O.O.O.O.O.O=[N+]([O-])[O-].O=[N+]([O-])[O-].[Zn+2]. The maximum atomic E-state index is 8.25. The number of hydrogen-bond acceptors (Lipinski definition) is 7. The van der Waals surface area contributed by atoms with Crippen LogP contribution in [0.25, 0.3) is 0 Å². The van der Waals surface area contributed by atoms with E-state index in [1.807, 2.05) is 0 Å². The van der Waals surface area contributed by atoms with E-state index in [0.717, 1.165) is 7.11 Å². The minimum absolute atomic E-state index is 0.